The number of hydrogen-bond donors (Lipinski definition) is 2. The summed E-state index contributed by atoms with van der Waals surface area (Å²) < 4.78 is 35.0. The Morgan fingerprint density at radius 1 is 1.00 bits per heavy atom. The molecule has 0 unspecified atom stereocenters. The van der Waals surface area contributed by atoms with E-state index >= 15 is 0 Å². The zero-order valence-corrected chi connectivity index (χ0v) is 19.0. The van der Waals surface area contributed by atoms with E-state index in [4.69, 9.17) is 16.3 Å². The first kappa shape index (κ1) is 23.9. The fraction of sp³-hybridized carbons (Fsp3) is 0.130. The fourth-order valence-corrected chi connectivity index (χ4v) is 3.50. The van der Waals surface area contributed by atoms with Crippen LogP contribution >= 0.6 is 11.6 Å². The lowest BCUT2D eigenvalue weighted by molar-refractivity contribution is 0.415. The number of methoxy groups -OCH3 is 1. The van der Waals surface area contributed by atoms with Crippen LogP contribution in [-0.4, -0.2) is 26.2 Å². The summed E-state index contributed by atoms with van der Waals surface area (Å²) >= 11 is 5.81. The molecule has 0 fully saturated rings. The van der Waals surface area contributed by atoms with Crippen molar-refractivity contribution < 1.29 is 13.5 Å². The van der Waals surface area contributed by atoms with Gasteiger partial charge in [0.15, 0.2) is 0 Å². The molecule has 2 aromatic carbocycles. The lowest BCUT2D eigenvalue weighted by atomic mass is 10.2. The fourth-order valence-electron chi connectivity index (χ4n) is 3.31. The van der Waals surface area contributed by atoms with Crippen LogP contribution in [0.5, 0.6) is 5.75 Å². The van der Waals surface area contributed by atoms with Crippen molar-refractivity contribution >= 4 is 23.2 Å². The Kier molecular flexibility index (Phi) is 6.78. The average Bonchev–Trinajstić information content (AvgIpc) is 2.84. The van der Waals surface area contributed by atoms with Gasteiger partial charge in [-0.3, -0.25) is 9.36 Å². The van der Waals surface area contributed by atoms with Gasteiger partial charge < -0.3 is 15.0 Å². The molecule has 2 heterocycles. The quantitative estimate of drug-likeness (QED) is 0.377. The molecule has 0 atom stereocenters. The van der Waals surface area contributed by atoms with Crippen LogP contribution in [0.2, 0.25) is 5.02 Å². The predicted octanol–water partition coefficient (Wildman–Crippen LogP) is 2.87. The molecule has 4 aromatic rings. The summed E-state index contributed by atoms with van der Waals surface area (Å²) in [6.45, 7) is -0.794. The van der Waals surface area contributed by atoms with E-state index < -0.39 is 35.1 Å². The van der Waals surface area contributed by atoms with Crippen LogP contribution in [0.1, 0.15) is 11.1 Å². The van der Waals surface area contributed by atoms with E-state index in [2.05, 4.69) is 15.3 Å². The number of halogens is 3. The van der Waals surface area contributed by atoms with Crippen molar-refractivity contribution in [3.05, 3.63) is 114 Å². The van der Waals surface area contributed by atoms with Crippen molar-refractivity contribution in [3.8, 4) is 5.75 Å². The number of nitrogens with zero attached hydrogens (tertiary/aromatic N) is 3. The van der Waals surface area contributed by atoms with Crippen LogP contribution in [0.4, 0.5) is 20.4 Å². The molecule has 0 saturated carbocycles. The van der Waals surface area contributed by atoms with Crippen LogP contribution in [0.25, 0.3) is 0 Å². The number of benzene rings is 2. The molecule has 0 aliphatic carbocycles. The van der Waals surface area contributed by atoms with Crippen molar-refractivity contribution in [1.29, 1.82) is 0 Å². The molecule has 9 nitrogen and oxygen atoms in total. The van der Waals surface area contributed by atoms with Crippen LogP contribution in [0.15, 0.2) is 69.1 Å². The van der Waals surface area contributed by atoms with E-state index in [1.807, 2.05) is 0 Å². The average molecular weight is 502 g/mol. The number of aromatic amines is 1. The van der Waals surface area contributed by atoms with Gasteiger partial charge in [0, 0.05) is 29.1 Å². The first-order chi connectivity index (χ1) is 16.8. The maximum Gasteiger partial charge on any atom is 0.355 e. The van der Waals surface area contributed by atoms with E-state index in [9.17, 15) is 23.2 Å². The number of hydrogen-bond acceptors (Lipinski definition) is 6. The lowest BCUT2D eigenvalue weighted by Gasteiger charge is -2.16. The molecule has 4 rings (SSSR count). The zero-order valence-electron chi connectivity index (χ0n) is 18.2. The molecule has 2 N–H and O–H groups in total. The van der Waals surface area contributed by atoms with E-state index in [-0.39, 0.29) is 28.6 Å². The lowest BCUT2D eigenvalue weighted by Crippen LogP contribution is -2.43. The molecular formula is C23H18ClF2N5O4. The number of pyridine rings is 1. The Hall–Kier alpha value is -4.25. The van der Waals surface area contributed by atoms with Crippen molar-refractivity contribution in [1.82, 2.24) is 19.1 Å². The van der Waals surface area contributed by atoms with Crippen molar-refractivity contribution in [2.24, 2.45) is 0 Å². The van der Waals surface area contributed by atoms with E-state index in [1.54, 1.807) is 30.3 Å². The third kappa shape index (κ3) is 5.14. The Balaban J connectivity index is 1.84. The van der Waals surface area contributed by atoms with Gasteiger partial charge in [0.1, 0.15) is 17.4 Å². The molecule has 0 aliphatic heterocycles. The Morgan fingerprint density at radius 3 is 2.40 bits per heavy atom. The summed E-state index contributed by atoms with van der Waals surface area (Å²) in [5, 5.41) is 2.52. The highest BCUT2D eigenvalue weighted by Crippen LogP contribution is 2.22. The first-order valence-corrected chi connectivity index (χ1v) is 10.6. The summed E-state index contributed by atoms with van der Waals surface area (Å²) in [7, 11) is 1.50. The predicted molar refractivity (Wildman–Crippen MR) is 126 cm³/mol. The topological polar surface area (TPSA) is 111 Å². The van der Waals surface area contributed by atoms with Gasteiger partial charge in [-0.2, -0.15) is 4.98 Å². The van der Waals surface area contributed by atoms with Gasteiger partial charge in [-0.15, -0.1) is 0 Å². The highest BCUT2D eigenvalue weighted by molar-refractivity contribution is 6.30. The largest absolute Gasteiger partial charge is 0.497 e. The standard InChI is InChI=1S/C23H18ClF2N5O4/c1-35-16-6-4-15(5-7-16)28-21-29-22(33)31(11-13-3-2-8-27-20(13)32)23(34)30(21)12-14-9-17(24)19(26)10-18(14)25/h2-10H,11-12H2,1H3,(H,27,32)(H,28,29,33). The minimum atomic E-state index is -0.955. The number of anilines is 2. The Morgan fingerprint density at radius 2 is 1.71 bits per heavy atom. The van der Waals surface area contributed by atoms with Crippen LogP contribution in [0.3, 0.4) is 0 Å². The number of nitrogens with one attached hydrogen (secondary N) is 2. The molecule has 12 heteroatoms. The van der Waals surface area contributed by atoms with Crippen LogP contribution < -0.4 is 27.0 Å². The third-order valence-corrected chi connectivity index (χ3v) is 5.43. The summed E-state index contributed by atoms with van der Waals surface area (Å²) in [4.78, 5) is 44.6. The second-order valence-corrected chi connectivity index (χ2v) is 7.82. The molecule has 0 radical (unpaired) electrons. The Bertz CT molecular complexity index is 1560. The zero-order chi connectivity index (χ0) is 25.1. The van der Waals surface area contributed by atoms with Crippen molar-refractivity contribution in [2.45, 2.75) is 13.1 Å². The normalized spacial score (nSPS) is 10.9. The van der Waals surface area contributed by atoms with Crippen molar-refractivity contribution in [2.75, 3.05) is 12.4 Å². The van der Waals surface area contributed by atoms with E-state index in [0.717, 1.165) is 15.2 Å². The van der Waals surface area contributed by atoms with Crippen LogP contribution in [-0.2, 0) is 13.1 Å². The van der Waals surface area contributed by atoms with Crippen molar-refractivity contribution in [3.63, 3.8) is 0 Å². The number of rotatable bonds is 7. The van der Waals surface area contributed by atoms with E-state index in [1.165, 1.54) is 19.4 Å². The molecule has 180 valence electrons. The molecule has 35 heavy (non-hydrogen) atoms. The molecule has 0 saturated heterocycles. The van der Waals surface area contributed by atoms with Gasteiger partial charge in [-0.25, -0.2) is 22.9 Å². The molecule has 2 aromatic heterocycles. The van der Waals surface area contributed by atoms with Gasteiger partial charge in [0.2, 0.25) is 5.95 Å². The first-order valence-electron chi connectivity index (χ1n) is 10.2. The van der Waals surface area contributed by atoms with Gasteiger partial charge in [-0.05, 0) is 36.4 Å². The van der Waals surface area contributed by atoms with Gasteiger partial charge in [0.25, 0.3) is 5.56 Å². The van der Waals surface area contributed by atoms with Gasteiger partial charge >= 0.3 is 11.4 Å². The highest BCUT2D eigenvalue weighted by Gasteiger charge is 2.18. The smallest absolute Gasteiger partial charge is 0.355 e. The summed E-state index contributed by atoms with van der Waals surface area (Å²) in [5.41, 5.74) is -1.79. The Labute approximate surface area is 201 Å². The second-order valence-electron chi connectivity index (χ2n) is 7.41. The summed E-state index contributed by atoms with van der Waals surface area (Å²) in [6, 6.07) is 11.2. The highest BCUT2D eigenvalue weighted by atomic mass is 35.5. The molecule has 0 aliphatic rings. The second kappa shape index (κ2) is 9.94. The molecular weight excluding hydrogens is 484 g/mol. The number of ether oxygens (including phenoxy) is 1. The summed E-state index contributed by atoms with van der Waals surface area (Å²) in [6.07, 6.45) is 1.41. The van der Waals surface area contributed by atoms with Gasteiger partial charge in [0.05, 0.1) is 25.2 Å². The monoisotopic (exact) mass is 501 g/mol. The number of aromatic nitrogens is 4. The maximum absolute atomic E-state index is 14.5. The SMILES string of the molecule is COc1ccc(Nc2nc(=O)n(Cc3ccc[nH]c3=O)c(=O)n2Cc2cc(Cl)c(F)cc2F)cc1. The third-order valence-electron chi connectivity index (χ3n) is 5.14. The van der Waals surface area contributed by atoms with Gasteiger partial charge in [-0.1, -0.05) is 17.7 Å². The van der Waals surface area contributed by atoms with E-state index in [0.29, 0.717) is 17.5 Å². The molecule has 0 bridgehead atoms. The molecule has 0 amide bonds. The van der Waals surface area contributed by atoms with Crippen LogP contribution in [0, 0.1) is 11.6 Å². The molecule has 0 spiro atoms. The number of H-pyrrole nitrogens is 1. The maximum atomic E-state index is 14.5. The minimum Gasteiger partial charge on any atom is -0.497 e. The summed E-state index contributed by atoms with van der Waals surface area (Å²) in [5.74, 6) is -1.51. The minimum absolute atomic E-state index is 0.110.